The van der Waals surface area contributed by atoms with E-state index in [2.05, 4.69) is 0 Å². The molecule has 0 saturated heterocycles. The molecule has 0 bridgehead atoms. The van der Waals surface area contributed by atoms with E-state index in [1.807, 2.05) is 54.6 Å². The number of rotatable bonds is 5. The molecule has 17 heavy (non-hydrogen) atoms. The zero-order chi connectivity index (χ0) is 12.8. The van der Waals surface area contributed by atoms with Crippen LogP contribution in [0.3, 0.4) is 0 Å². The second-order valence-electron chi connectivity index (χ2n) is 4.40. The van der Waals surface area contributed by atoms with Crippen LogP contribution in [0.4, 0.5) is 0 Å². The van der Waals surface area contributed by atoms with Gasteiger partial charge in [0, 0.05) is 11.1 Å². The highest BCUT2D eigenvalue weighted by Gasteiger charge is 2.20. The van der Waals surface area contributed by atoms with Crippen LogP contribution in [-0.2, 0) is 0 Å². The van der Waals surface area contributed by atoms with Gasteiger partial charge in [-0.1, -0.05) is 66.8 Å². The molecule has 0 aliphatic rings. The van der Waals surface area contributed by atoms with Crippen molar-refractivity contribution in [3.63, 3.8) is 0 Å². The van der Waals surface area contributed by atoms with Gasteiger partial charge in [0.2, 0.25) is 0 Å². The Morgan fingerprint density at radius 3 is 2.41 bits per heavy atom. The molecule has 0 amide bonds. The van der Waals surface area contributed by atoms with Crippen molar-refractivity contribution in [2.75, 3.05) is 0 Å². The van der Waals surface area contributed by atoms with Crippen LogP contribution < -0.4 is 0 Å². The van der Waals surface area contributed by atoms with Crippen LogP contribution in [-0.4, -0.2) is 17.0 Å². The summed E-state index contributed by atoms with van der Waals surface area (Å²) in [5, 5.41) is 10.0. The van der Waals surface area contributed by atoms with Crippen LogP contribution in [0.5, 0.6) is 0 Å². The summed E-state index contributed by atoms with van der Waals surface area (Å²) >= 11 is 2.01. The zero-order valence-corrected chi connectivity index (χ0v) is 12.2. The first kappa shape index (κ1) is 14.4. The highest BCUT2D eigenvalue weighted by molar-refractivity contribution is 14.1. The number of Topliss-reactive ketones (excluding diaryl/α,β-unsaturated/α-hetero) is 1. The lowest BCUT2D eigenvalue weighted by molar-refractivity contribution is 0.0976. The molecule has 0 saturated carbocycles. The number of aliphatic hydroxyl groups is 1. The fourth-order valence-electron chi connectivity index (χ4n) is 1.60. The van der Waals surface area contributed by atoms with E-state index >= 15 is 0 Å². The van der Waals surface area contributed by atoms with Crippen molar-refractivity contribution in [2.45, 2.75) is 26.4 Å². The van der Waals surface area contributed by atoms with E-state index in [0.717, 1.165) is 0 Å². The van der Waals surface area contributed by atoms with Gasteiger partial charge in [-0.2, -0.15) is 0 Å². The molecular formula is C14H17IO2. The number of halogens is 1. The quantitative estimate of drug-likeness (QED) is 0.504. The maximum Gasteiger partial charge on any atom is 0.192 e. The fourth-order valence-corrected chi connectivity index (χ4v) is 2.30. The zero-order valence-electron chi connectivity index (χ0n) is 10.1. The van der Waals surface area contributed by atoms with Gasteiger partial charge in [0.25, 0.3) is 0 Å². The topological polar surface area (TPSA) is 37.3 Å². The third-order valence-corrected chi connectivity index (χ3v) is 3.14. The second kappa shape index (κ2) is 6.91. The van der Waals surface area contributed by atoms with Gasteiger partial charge >= 0.3 is 0 Å². The van der Waals surface area contributed by atoms with Crippen molar-refractivity contribution in [3.05, 3.63) is 45.6 Å². The van der Waals surface area contributed by atoms with Gasteiger partial charge in [0.15, 0.2) is 5.78 Å². The summed E-state index contributed by atoms with van der Waals surface area (Å²) in [5.74, 6) is 0.271. The molecule has 1 rings (SSSR count). The standard InChI is InChI=1S/C14H17IO2/c1-10(2)8-13(16)12(9-15)14(17)11-6-4-3-5-7-11/h3-7,9-10,13,16H,8H2,1-2H3/b12-9+/t13-/m0/s1. The van der Waals surface area contributed by atoms with Crippen molar-refractivity contribution in [3.8, 4) is 0 Å². The molecule has 0 aliphatic heterocycles. The number of carbonyl (C=O) groups is 1. The van der Waals surface area contributed by atoms with Crippen molar-refractivity contribution >= 4 is 28.4 Å². The molecule has 0 unspecified atom stereocenters. The van der Waals surface area contributed by atoms with E-state index in [1.165, 1.54) is 0 Å². The second-order valence-corrected chi connectivity index (χ2v) is 5.03. The number of benzene rings is 1. The monoisotopic (exact) mass is 344 g/mol. The van der Waals surface area contributed by atoms with Crippen LogP contribution in [0.2, 0.25) is 0 Å². The third kappa shape index (κ3) is 4.24. The van der Waals surface area contributed by atoms with Crippen molar-refractivity contribution < 1.29 is 9.90 Å². The first-order valence-corrected chi connectivity index (χ1v) is 6.89. The molecule has 3 heteroatoms. The van der Waals surface area contributed by atoms with Gasteiger partial charge in [-0.25, -0.2) is 0 Å². The van der Waals surface area contributed by atoms with E-state index in [1.54, 1.807) is 16.2 Å². The largest absolute Gasteiger partial charge is 0.388 e. The number of aliphatic hydroxyl groups excluding tert-OH is 1. The molecule has 0 fully saturated rings. The lowest BCUT2D eigenvalue weighted by atomic mass is 9.95. The average molecular weight is 344 g/mol. The predicted octanol–water partition coefficient (Wildman–Crippen LogP) is 3.60. The normalized spacial score (nSPS) is 13.8. The maximum absolute atomic E-state index is 12.2. The Labute approximate surface area is 116 Å². The van der Waals surface area contributed by atoms with E-state index in [0.29, 0.717) is 23.5 Å². The fraction of sp³-hybridized carbons (Fsp3) is 0.357. The van der Waals surface area contributed by atoms with Gasteiger partial charge in [0.05, 0.1) is 6.10 Å². The number of carbonyl (C=O) groups excluding carboxylic acids is 1. The Balaban J connectivity index is 2.86. The molecule has 0 aliphatic carbocycles. The molecule has 1 aromatic carbocycles. The molecule has 0 heterocycles. The minimum Gasteiger partial charge on any atom is -0.388 e. The Kier molecular flexibility index (Phi) is 5.85. The summed E-state index contributed by atoms with van der Waals surface area (Å²) in [5.41, 5.74) is 1.10. The van der Waals surface area contributed by atoms with Crippen molar-refractivity contribution in [1.82, 2.24) is 0 Å². The van der Waals surface area contributed by atoms with Crippen LogP contribution in [0.25, 0.3) is 0 Å². The molecule has 2 nitrogen and oxygen atoms in total. The summed E-state index contributed by atoms with van der Waals surface area (Å²) < 4.78 is 1.68. The van der Waals surface area contributed by atoms with E-state index in [-0.39, 0.29) is 5.78 Å². The summed E-state index contributed by atoms with van der Waals surface area (Å²) in [6.45, 7) is 4.06. The predicted molar refractivity (Wildman–Crippen MR) is 78.3 cm³/mol. The summed E-state index contributed by atoms with van der Waals surface area (Å²) in [6.07, 6.45) is -0.0763. The minimum absolute atomic E-state index is 0.0897. The lowest BCUT2D eigenvalue weighted by Crippen LogP contribution is -2.19. The number of hydrogen-bond acceptors (Lipinski definition) is 2. The molecule has 0 spiro atoms. The number of hydrogen-bond donors (Lipinski definition) is 1. The lowest BCUT2D eigenvalue weighted by Gasteiger charge is -2.15. The minimum atomic E-state index is -0.681. The van der Waals surface area contributed by atoms with Gasteiger partial charge in [-0.15, -0.1) is 0 Å². The highest BCUT2D eigenvalue weighted by atomic mass is 127. The molecular weight excluding hydrogens is 327 g/mol. The molecule has 0 radical (unpaired) electrons. The van der Waals surface area contributed by atoms with Crippen LogP contribution in [0.1, 0.15) is 30.6 Å². The molecule has 1 atom stereocenters. The van der Waals surface area contributed by atoms with Gasteiger partial charge < -0.3 is 5.11 Å². The Hall–Kier alpha value is -0.680. The Morgan fingerprint density at radius 2 is 1.94 bits per heavy atom. The number of ketones is 1. The average Bonchev–Trinajstić information content (AvgIpc) is 2.30. The molecule has 92 valence electrons. The first-order chi connectivity index (χ1) is 8.06. The Bertz CT molecular complexity index is 396. The highest BCUT2D eigenvalue weighted by Crippen LogP contribution is 2.19. The smallest absolute Gasteiger partial charge is 0.192 e. The van der Waals surface area contributed by atoms with Gasteiger partial charge in [-0.3, -0.25) is 4.79 Å². The molecule has 1 aromatic rings. The molecule has 0 aromatic heterocycles. The third-order valence-electron chi connectivity index (χ3n) is 2.47. The van der Waals surface area contributed by atoms with E-state index in [4.69, 9.17) is 0 Å². The van der Waals surface area contributed by atoms with E-state index in [9.17, 15) is 9.90 Å². The maximum atomic E-state index is 12.2. The summed E-state index contributed by atoms with van der Waals surface area (Å²) in [6, 6.07) is 9.06. The van der Waals surface area contributed by atoms with Gasteiger partial charge in [-0.05, 0) is 16.4 Å². The summed E-state index contributed by atoms with van der Waals surface area (Å²) in [4.78, 5) is 12.2. The molecule has 1 N–H and O–H groups in total. The van der Waals surface area contributed by atoms with Crippen LogP contribution >= 0.6 is 22.6 Å². The Morgan fingerprint density at radius 1 is 1.35 bits per heavy atom. The van der Waals surface area contributed by atoms with Crippen molar-refractivity contribution in [2.24, 2.45) is 5.92 Å². The van der Waals surface area contributed by atoms with E-state index < -0.39 is 6.10 Å². The SMILES string of the molecule is CC(C)C[C@H](O)/C(=C\I)C(=O)c1ccccc1. The van der Waals surface area contributed by atoms with Gasteiger partial charge in [0.1, 0.15) is 0 Å². The van der Waals surface area contributed by atoms with Crippen molar-refractivity contribution in [1.29, 1.82) is 0 Å². The summed E-state index contributed by atoms with van der Waals surface area (Å²) in [7, 11) is 0. The first-order valence-electron chi connectivity index (χ1n) is 5.64. The van der Waals surface area contributed by atoms with Crippen LogP contribution in [0.15, 0.2) is 40.0 Å². The van der Waals surface area contributed by atoms with Crippen LogP contribution in [0, 0.1) is 5.92 Å².